The molecule has 0 bridgehead atoms. The number of anilines is 1. The van der Waals surface area contributed by atoms with E-state index in [2.05, 4.69) is 21.5 Å². The Bertz CT molecular complexity index is 1840. The number of piperidine rings is 1. The summed E-state index contributed by atoms with van der Waals surface area (Å²) >= 11 is 0. The molecule has 1 fully saturated rings. The van der Waals surface area contributed by atoms with Crippen LogP contribution < -0.4 is 26.2 Å². The molecule has 2 aromatic rings. The largest absolute Gasteiger partial charge is 0.491 e. The molecule has 3 aliphatic heterocycles. The molecule has 48 heavy (non-hydrogen) atoms. The lowest BCUT2D eigenvalue weighted by atomic mass is 10.0. The molecule has 0 aromatic heterocycles. The number of hydrazine groups is 2. The normalized spacial score (nSPS) is 22.2. The third kappa shape index (κ3) is 6.43. The first kappa shape index (κ1) is 33.3. The number of sulfone groups is 1. The van der Waals surface area contributed by atoms with E-state index >= 15 is 0 Å². The van der Waals surface area contributed by atoms with Crippen LogP contribution in [0.4, 0.5) is 14.5 Å². The smallest absolute Gasteiger partial charge is 0.262 e. The lowest BCUT2D eigenvalue weighted by Crippen LogP contribution is -2.54. The van der Waals surface area contributed by atoms with Crippen LogP contribution in [-0.2, 0) is 30.6 Å². The fourth-order valence-corrected chi connectivity index (χ4v) is 6.95. The first-order chi connectivity index (χ1) is 22.8. The fraction of sp³-hybridized carbons (Fsp3) is 0.400. The van der Waals surface area contributed by atoms with Gasteiger partial charge >= 0.3 is 0 Å². The van der Waals surface area contributed by atoms with Crippen molar-refractivity contribution < 1.29 is 51.0 Å². The number of hydrogen-bond acceptors (Lipinski definition) is 13. The number of benzene rings is 2. The van der Waals surface area contributed by atoms with Crippen LogP contribution in [0, 0.1) is 5.82 Å². The van der Waals surface area contributed by atoms with Crippen LogP contribution in [0.5, 0.6) is 5.75 Å². The summed E-state index contributed by atoms with van der Waals surface area (Å²) in [4.78, 5) is 50.3. The van der Waals surface area contributed by atoms with Crippen molar-refractivity contribution in [2.45, 2.75) is 42.5 Å². The highest BCUT2D eigenvalue weighted by atomic mass is 32.2. The van der Waals surface area contributed by atoms with E-state index in [9.17, 15) is 41.5 Å². The highest BCUT2D eigenvalue weighted by Gasteiger charge is 2.45. The Hall–Kier alpha value is -4.65. The van der Waals surface area contributed by atoms with Crippen LogP contribution in [0.2, 0.25) is 0 Å². The summed E-state index contributed by atoms with van der Waals surface area (Å²) in [5, 5.41) is 16.8. The summed E-state index contributed by atoms with van der Waals surface area (Å²) in [5.74, 6) is -3.28. The van der Waals surface area contributed by atoms with Crippen LogP contribution in [0.15, 0.2) is 41.1 Å². The van der Waals surface area contributed by atoms with Crippen molar-refractivity contribution in [2.24, 2.45) is 0 Å². The first-order valence-electron chi connectivity index (χ1n) is 15.0. The van der Waals surface area contributed by atoms with Gasteiger partial charge in [-0.05, 0) is 30.7 Å². The minimum atomic E-state index is -3.67. The predicted molar refractivity (Wildman–Crippen MR) is 162 cm³/mol. The van der Waals surface area contributed by atoms with Gasteiger partial charge in [0.05, 0.1) is 53.7 Å². The first-order valence-corrected chi connectivity index (χ1v) is 16.9. The molecule has 3 heterocycles. The number of imide groups is 2. The number of rotatable bonds is 12. The van der Waals surface area contributed by atoms with Crippen molar-refractivity contribution in [3.63, 3.8) is 0 Å². The quantitative estimate of drug-likeness (QED) is 0.150. The van der Waals surface area contributed by atoms with E-state index in [0.717, 1.165) is 17.2 Å². The van der Waals surface area contributed by atoms with Gasteiger partial charge in [0.2, 0.25) is 11.8 Å². The summed E-state index contributed by atoms with van der Waals surface area (Å²) in [5.41, 5.74) is 6.76. The third-order valence-electron chi connectivity index (χ3n) is 8.33. The Labute approximate surface area is 273 Å². The van der Waals surface area contributed by atoms with Gasteiger partial charge in [0.1, 0.15) is 36.5 Å². The van der Waals surface area contributed by atoms with Crippen LogP contribution in [-0.4, -0.2) is 98.6 Å². The lowest BCUT2D eigenvalue weighted by Gasteiger charge is -2.27. The van der Waals surface area contributed by atoms with E-state index in [0.29, 0.717) is 17.8 Å². The highest BCUT2D eigenvalue weighted by molar-refractivity contribution is 7.90. The molecule has 0 saturated carbocycles. The molecule has 0 spiro atoms. The number of nitrogens with zero attached hydrogens (tertiary/aromatic N) is 2. The molecular formula is C30H32F2N6O9S. The number of aliphatic hydroxyl groups excluding tert-OH is 1. The number of hydrogen-bond donors (Lipinski definition) is 5. The molecule has 0 radical (unpaired) electrons. The second-order valence-electron chi connectivity index (χ2n) is 11.6. The summed E-state index contributed by atoms with van der Waals surface area (Å²) < 4.78 is 64.6. The number of alkyl halides is 1. The van der Waals surface area contributed by atoms with Crippen LogP contribution in [0.1, 0.15) is 50.8 Å². The summed E-state index contributed by atoms with van der Waals surface area (Å²) in [6.07, 6.45) is -0.738. The Kier molecular flexibility index (Phi) is 9.08. The maximum absolute atomic E-state index is 14.9. The van der Waals surface area contributed by atoms with E-state index in [-0.39, 0.29) is 78.7 Å². The number of ether oxygens (including phenoxy) is 2. The minimum absolute atomic E-state index is 0.00935. The predicted octanol–water partition coefficient (Wildman–Crippen LogP) is 0.232. The zero-order chi connectivity index (χ0) is 34.3. The molecule has 4 amide bonds. The fourth-order valence-electron chi connectivity index (χ4n) is 5.99. The van der Waals surface area contributed by atoms with Crippen molar-refractivity contribution in [3.8, 4) is 5.75 Å². The van der Waals surface area contributed by atoms with Crippen LogP contribution in [0.3, 0.4) is 0 Å². The lowest BCUT2D eigenvalue weighted by molar-refractivity contribution is -0.136. The number of nitrogens with one attached hydrogen (secondary N) is 4. The average molecular weight is 691 g/mol. The highest BCUT2D eigenvalue weighted by Crippen LogP contribution is 2.42. The summed E-state index contributed by atoms with van der Waals surface area (Å²) in [6, 6.07) is 3.76. The SMILES string of the molecule is CS(=O)(=O)c1ccc(OCCOCCN2NC=C(CNc3cc4c(cc3F)C(=O)N(C3CCC(=O)NC3=O)C4=O)N2)c2c1[C@H](O)[C@@H](F)C2. The number of carbonyl (C=O) groups is 4. The second kappa shape index (κ2) is 13.1. The van der Waals surface area contributed by atoms with Gasteiger partial charge in [0.25, 0.3) is 11.8 Å². The molecular weight excluding hydrogens is 658 g/mol. The zero-order valence-corrected chi connectivity index (χ0v) is 26.4. The number of carbonyl (C=O) groups excluding carboxylic acids is 4. The van der Waals surface area contributed by atoms with Crippen molar-refractivity contribution in [3.05, 3.63) is 64.2 Å². The summed E-state index contributed by atoms with van der Waals surface area (Å²) in [7, 11) is -3.67. The monoisotopic (exact) mass is 690 g/mol. The van der Waals surface area contributed by atoms with Crippen molar-refractivity contribution in [1.82, 2.24) is 26.2 Å². The van der Waals surface area contributed by atoms with E-state index in [1.54, 1.807) is 11.3 Å². The van der Waals surface area contributed by atoms with Gasteiger partial charge in [-0.1, -0.05) is 0 Å². The van der Waals surface area contributed by atoms with Gasteiger partial charge < -0.3 is 30.7 Å². The maximum Gasteiger partial charge on any atom is 0.262 e. The molecule has 18 heteroatoms. The Morgan fingerprint density at radius 2 is 1.83 bits per heavy atom. The van der Waals surface area contributed by atoms with E-state index in [4.69, 9.17) is 9.47 Å². The standard InChI is InChI=1S/C30H32F2N6O9S/c1-48(44,45)24-4-3-23(18-11-20(32)27(40)26(18)24)47-9-8-46-7-6-37-34-14-15(36-37)13-33-21-12-17-16(10-19(21)31)29(42)38(30(17)43)22-2-5-25(39)35-28(22)41/h3-4,10,12,14,20,22,27,33-34,36,40H,2,5-9,11,13H2,1H3,(H,35,39,41)/t20-,22?,27+/m0/s1. The topological polar surface area (TPSA) is 196 Å². The second-order valence-corrected chi connectivity index (χ2v) is 13.6. The van der Waals surface area contributed by atoms with Crippen molar-refractivity contribution >= 4 is 39.2 Å². The van der Waals surface area contributed by atoms with Gasteiger partial charge in [0.15, 0.2) is 9.84 Å². The Balaban J connectivity index is 0.943. The van der Waals surface area contributed by atoms with Gasteiger partial charge in [-0.25, -0.2) is 17.2 Å². The number of halogens is 2. The molecule has 1 saturated heterocycles. The molecule has 5 N–H and O–H groups in total. The molecule has 4 aliphatic rings. The van der Waals surface area contributed by atoms with Gasteiger partial charge in [-0.2, -0.15) is 0 Å². The van der Waals surface area contributed by atoms with Gasteiger partial charge in [-0.15, -0.1) is 5.12 Å². The zero-order valence-electron chi connectivity index (χ0n) is 25.5. The molecule has 256 valence electrons. The minimum Gasteiger partial charge on any atom is -0.491 e. The third-order valence-corrected chi connectivity index (χ3v) is 9.48. The molecule has 2 aromatic carbocycles. The number of amides is 4. The molecule has 1 aliphatic carbocycles. The van der Waals surface area contributed by atoms with Crippen LogP contribution in [0.25, 0.3) is 0 Å². The van der Waals surface area contributed by atoms with Crippen LogP contribution >= 0.6 is 0 Å². The molecule has 6 rings (SSSR count). The Morgan fingerprint density at radius 1 is 1.08 bits per heavy atom. The van der Waals surface area contributed by atoms with Crippen molar-refractivity contribution in [2.75, 3.05) is 44.5 Å². The van der Waals surface area contributed by atoms with Crippen molar-refractivity contribution in [1.29, 1.82) is 0 Å². The number of aliphatic hydroxyl groups is 1. The molecule has 1 unspecified atom stereocenters. The molecule has 15 nitrogen and oxygen atoms in total. The molecule has 3 atom stereocenters. The van der Waals surface area contributed by atoms with E-state index in [1.165, 1.54) is 18.2 Å². The van der Waals surface area contributed by atoms with E-state index < -0.39 is 57.6 Å². The van der Waals surface area contributed by atoms with Gasteiger partial charge in [-0.3, -0.25) is 29.4 Å². The number of fused-ring (bicyclic) bond motifs is 2. The van der Waals surface area contributed by atoms with E-state index in [1.807, 2.05) is 0 Å². The Morgan fingerprint density at radius 3 is 2.56 bits per heavy atom. The summed E-state index contributed by atoms with van der Waals surface area (Å²) in [6.45, 7) is 1.00. The maximum atomic E-state index is 14.9. The van der Waals surface area contributed by atoms with Gasteiger partial charge in [0, 0.05) is 36.4 Å². The average Bonchev–Trinajstić information content (AvgIpc) is 3.68.